The number of carbonyl (C=O) groups excluding carboxylic acids is 1. The number of rotatable bonds is 5. The van der Waals surface area contributed by atoms with Crippen LogP contribution in [0.1, 0.15) is 38.5 Å². The third-order valence-corrected chi connectivity index (χ3v) is 5.15. The van der Waals surface area contributed by atoms with Crippen LogP contribution in [0.3, 0.4) is 0 Å². The number of anilines is 1. The summed E-state index contributed by atoms with van der Waals surface area (Å²) in [6.45, 7) is -0.0809. The number of nitrogens with one attached hydrogen (secondary N) is 2. The van der Waals surface area contributed by atoms with E-state index in [0.29, 0.717) is 0 Å². The molecule has 0 bridgehead atoms. The Morgan fingerprint density at radius 3 is 2.48 bits per heavy atom. The van der Waals surface area contributed by atoms with Crippen LogP contribution in [0.2, 0.25) is 0 Å². The van der Waals surface area contributed by atoms with Gasteiger partial charge in [-0.2, -0.15) is 0 Å². The standard InChI is InChI=1S/C16H23FN2O3S/c1-23(21,22)16-13(17)9-6-10-14(16)18-11-15(20)19-12-7-4-2-3-5-8-12/h6,9-10,12,18H,2-5,7-8,11H2,1H3,(H,19,20). The minimum atomic E-state index is -3.71. The molecule has 0 radical (unpaired) electrons. The Labute approximate surface area is 136 Å². The van der Waals surface area contributed by atoms with E-state index >= 15 is 0 Å². The second-order valence-corrected chi connectivity index (χ2v) is 7.95. The zero-order valence-electron chi connectivity index (χ0n) is 13.3. The first-order valence-corrected chi connectivity index (χ1v) is 9.79. The summed E-state index contributed by atoms with van der Waals surface area (Å²) in [5, 5.41) is 5.69. The van der Waals surface area contributed by atoms with Crippen LogP contribution < -0.4 is 10.6 Å². The van der Waals surface area contributed by atoms with E-state index in [9.17, 15) is 17.6 Å². The summed E-state index contributed by atoms with van der Waals surface area (Å²) in [5.41, 5.74) is 0.114. The van der Waals surface area contributed by atoms with Gasteiger partial charge in [0.25, 0.3) is 0 Å². The molecule has 2 rings (SSSR count). The first-order valence-electron chi connectivity index (χ1n) is 7.90. The second kappa shape index (κ2) is 7.77. The third kappa shape index (κ3) is 5.20. The quantitative estimate of drug-likeness (QED) is 0.806. The predicted octanol–water partition coefficient (Wildman–Crippen LogP) is 2.48. The van der Waals surface area contributed by atoms with Crippen LogP contribution in [-0.4, -0.2) is 33.2 Å². The highest BCUT2D eigenvalue weighted by molar-refractivity contribution is 7.90. The van der Waals surface area contributed by atoms with Gasteiger partial charge in [-0.25, -0.2) is 12.8 Å². The van der Waals surface area contributed by atoms with Crippen molar-refractivity contribution in [2.24, 2.45) is 0 Å². The minimum absolute atomic E-state index is 0.0809. The number of carbonyl (C=O) groups is 1. The summed E-state index contributed by atoms with van der Waals surface area (Å²) in [6.07, 6.45) is 7.51. The van der Waals surface area contributed by atoms with Crippen molar-refractivity contribution in [1.82, 2.24) is 5.32 Å². The summed E-state index contributed by atoms with van der Waals surface area (Å²) < 4.78 is 37.2. The highest BCUT2D eigenvalue weighted by Gasteiger charge is 2.20. The maximum absolute atomic E-state index is 13.8. The number of benzene rings is 1. The van der Waals surface area contributed by atoms with Gasteiger partial charge in [0.1, 0.15) is 10.7 Å². The molecule has 0 spiro atoms. The topological polar surface area (TPSA) is 75.3 Å². The molecule has 0 saturated heterocycles. The van der Waals surface area contributed by atoms with E-state index in [0.717, 1.165) is 38.0 Å². The zero-order chi connectivity index (χ0) is 16.9. The molecule has 1 fully saturated rings. The molecule has 0 atom stereocenters. The lowest BCUT2D eigenvalue weighted by Gasteiger charge is -2.17. The number of hydrogen-bond donors (Lipinski definition) is 2. The molecule has 7 heteroatoms. The summed E-state index contributed by atoms with van der Waals surface area (Å²) in [4.78, 5) is 11.6. The molecule has 5 nitrogen and oxygen atoms in total. The van der Waals surface area contributed by atoms with E-state index in [1.165, 1.54) is 25.0 Å². The summed E-state index contributed by atoms with van der Waals surface area (Å²) in [6, 6.07) is 4.13. The second-order valence-electron chi connectivity index (χ2n) is 6.00. The predicted molar refractivity (Wildman–Crippen MR) is 87.6 cm³/mol. The van der Waals surface area contributed by atoms with Crippen molar-refractivity contribution in [2.45, 2.75) is 49.5 Å². The van der Waals surface area contributed by atoms with Gasteiger partial charge < -0.3 is 10.6 Å². The molecule has 0 heterocycles. The maximum atomic E-state index is 13.8. The average Bonchev–Trinajstić information content (AvgIpc) is 2.72. The third-order valence-electron chi connectivity index (χ3n) is 4.00. The number of sulfone groups is 1. The molecule has 128 valence electrons. The van der Waals surface area contributed by atoms with Gasteiger partial charge in [-0.3, -0.25) is 4.79 Å². The van der Waals surface area contributed by atoms with Crippen molar-refractivity contribution >= 4 is 21.4 Å². The molecular formula is C16H23FN2O3S. The van der Waals surface area contributed by atoms with Crippen molar-refractivity contribution in [3.63, 3.8) is 0 Å². The molecular weight excluding hydrogens is 319 g/mol. The molecule has 1 aliphatic rings. The molecule has 0 unspecified atom stereocenters. The van der Waals surface area contributed by atoms with Crippen LogP contribution in [0.4, 0.5) is 10.1 Å². The molecule has 1 aromatic rings. The summed E-state index contributed by atoms with van der Waals surface area (Å²) in [5.74, 6) is -1.03. The van der Waals surface area contributed by atoms with E-state index in [2.05, 4.69) is 10.6 Å². The van der Waals surface area contributed by atoms with Crippen LogP contribution in [-0.2, 0) is 14.6 Å². The first kappa shape index (κ1) is 17.7. The van der Waals surface area contributed by atoms with Gasteiger partial charge in [0.2, 0.25) is 5.91 Å². The molecule has 0 aliphatic heterocycles. The monoisotopic (exact) mass is 342 g/mol. The average molecular weight is 342 g/mol. The molecule has 23 heavy (non-hydrogen) atoms. The molecule has 1 aliphatic carbocycles. The van der Waals surface area contributed by atoms with Gasteiger partial charge in [-0.1, -0.05) is 31.7 Å². The Morgan fingerprint density at radius 2 is 1.87 bits per heavy atom. The van der Waals surface area contributed by atoms with Gasteiger partial charge in [-0.15, -0.1) is 0 Å². The lowest BCUT2D eigenvalue weighted by molar-refractivity contribution is -0.120. The first-order chi connectivity index (χ1) is 10.9. The number of hydrogen-bond acceptors (Lipinski definition) is 4. The lowest BCUT2D eigenvalue weighted by Crippen LogP contribution is -2.38. The minimum Gasteiger partial charge on any atom is -0.375 e. The summed E-state index contributed by atoms with van der Waals surface area (Å²) >= 11 is 0. The van der Waals surface area contributed by atoms with Crippen LogP contribution in [0, 0.1) is 5.82 Å². The Hall–Kier alpha value is -1.63. The van der Waals surface area contributed by atoms with Gasteiger partial charge in [0, 0.05) is 12.3 Å². The maximum Gasteiger partial charge on any atom is 0.239 e. The lowest BCUT2D eigenvalue weighted by atomic mass is 10.1. The Bertz CT molecular complexity index is 653. The fraction of sp³-hybridized carbons (Fsp3) is 0.562. The number of amides is 1. The van der Waals surface area contributed by atoms with E-state index in [4.69, 9.17) is 0 Å². The fourth-order valence-electron chi connectivity index (χ4n) is 2.90. The SMILES string of the molecule is CS(=O)(=O)c1c(F)cccc1NCC(=O)NC1CCCCCC1. The van der Waals surface area contributed by atoms with E-state index in [1.807, 2.05) is 0 Å². The molecule has 1 amide bonds. The molecule has 0 aromatic heterocycles. The van der Waals surface area contributed by atoms with Crippen LogP contribution in [0.15, 0.2) is 23.1 Å². The van der Waals surface area contributed by atoms with Crippen molar-refractivity contribution in [3.8, 4) is 0 Å². The molecule has 1 saturated carbocycles. The fourth-order valence-corrected chi connectivity index (χ4v) is 3.86. The Morgan fingerprint density at radius 1 is 1.22 bits per heavy atom. The smallest absolute Gasteiger partial charge is 0.239 e. The Kier molecular flexibility index (Phi) is 5.98. The van der Waals surface area contributed by atoms with Crippen LogP contribution >= 0.6 is 0 Å². The van der Waals surface area contributed by atoms with Gasteiger partial charge in [0.15, 0.2) is 9.84 Å². The largest absolute Gasteiger partial charge is 0.375 e. The molecule has 1 aromatic carbocycles. The van der Waals surface area contributed by atoms with E-state index < -0.39 is 20.5 Å². The van der Waals surface area contributed by atoms with E-state index in [-0.39, 0.29) is 24.2 Å². The van der Waals surface area contributed by atoms with Crippen molar-refractivity contribution < 1.29 is 17.6 Å². The van der Waals surface area contributed by atoms with Gasteiger partial charge in [-0.05, 0) is 25.0 Å². The zero-order valence-corrected chi connectivity index (χ0v) is 14.1. The van der Waals surface area contributed by atoms with Crippen LogP contribution in [0.25, 0.3) is 0 Å². The summed E-state index contributed by atoms with van der Waals surface area (Å²) in [7, 11) is -3.71. The van der Waals surface area contributed by atoms with Crippen LogP contribution in [0.5, 0.6) is 0 Å². The van der Waals surface area contributed by atoms with Crippen molar-refractivity contribution in [1.29, 1.82) is 0 Å². The highest BCUT2D eigenvalue weighted by Crippen LogP contribution is 2.24. The highest BCUT2D eigenvalue weighted by atomic mass is 32.2. The van der Waals surface area contributed by atoms with Crippen molar-refractivity contribution in [2.75, 3.05) is 18.1 Å². The van der Waals surface area contributed by atoms with Gasteiger partial charge in [0.05, 0.1) is 12.2 Å². The molecule has 2 N–H and O–H groups in total. The number of halogens is 1. The van der Waals surface area contributed by atoms with Crippen molar-refractivity contribution in [3.05, 3.63) is 24.0 Å². The normalized spacial score (nSPS) is 16.6. The van der Waals surface area contributed by atoms with Gasteiger partial charge >= 0.3 is 0 Å². The Balaban J connectivity index is 1.98. The van der Waals surface area contributed by atoms with E-state index in [1.54, 1.807) is 0 Å².